The number of benzene rings is 1. The molecule has 0 unspecified atom stereocenters. The summed E-state index contributed by atoms with van der Waals surface area (Å²) in [6.45, 7) is 1.65. The highest BCUT2D eigenvalue weighted by Crippen LogP contribution is 2.28. The quantitative estimate of drug-likeness (QED) is 0.643. The van der Waals surface area contributed by atoms with Crippen LogP contribution in [0, 0.1) is 17.0 Å². The molecule has 122 valence electrons. The Morgan fingerprint density at radius 1 is 1.22 bits per heavy atom. The highest BCUT2D eigenvalue weighted by atomic mass is 32.2. The number of nitrogens with one attached hydrogen (secondary N) is 1. The first-order chi connectivity index (χ1) is 10.8. The number of hydrogen-bond donors (Lipinski definition) is 1. The maximum atomic E-state index is 11.2. The van der Waals surface area contributed by atoms with E-state index in [2.05, 4.69) is 10.3 Å². The van der Waals surface area contributed by atoms with E-state index in [1.165, 1.54) is 12.5 Å². The third-order valence-electron chi connectivity index (χ3n) is 3.29. The van der Waals surface area contributed by atoms with Gasteiger partial charge in [0.25, 0.3) is 0 Å². The second-order valence-corrected chi connectivity index (χ2v) is 7.54. The summed E-state index contributed by atoms with van der Waals surface area (Å²) in [7, 11) is -3.00. The molecule has 0 saturated heterocycles. The minimum Gasteiger partial charge on any atom is -0.334 e. The summed E-state index contributed by atoms with van der Waals surface area (Å²) in [5, 5.41) is 14.1. The molecule has 2 rings (SSSR count). The highest BCUT2D eigenvalue weighted by molar-refractivity contribution is 7.90. The van der Waals surface area contributed by atoms with Gasteiger partial charge in [-0.25, -0.2) is 13.4 Å². The third-order valence-corrected chi connectivity index (χ3v) is 4.23. The zero-order valence-corrected chi connectivity index (χ0v) is 13.6. The summed E-state index contributed by atoms with van der Waals surface area (Å²) in [4.78, 5) is 14.7. The Kier molecular flexibility index (Phi) is 4.95. The molecule has 23 heavy (non-hydrogen) atoms. The Morgan fingerprint density at radius 3 is 2.43 bits per heavy atom. The molecule has 0 aliphatic carbocycles. The predicted molar refractivity (Wildman–Crippen MR) is 88.8 cm³/mol. The lowest BCUT2D eigenvalue weighted by Crippen LogP contribution is -2.06. The predicted octanol–water partition coefficient (Wildman–Crippen LogP) is 2.63. The van der Waals surface area contributed by atoms with Gasteiger partial charge >= 0.3 is 5.69 Å². The summed E-state index contributed by atoms with van der Waals surface area (Å²) < 4.78 is 22.3. The molecule has 0 fully saturated rings. The fourth-order valence-electron chi connectivity index (χ4n) is 2.07. The van der Waals surface area contributed by atoms with E-state index in [4.69, 9.17) is 0 Å². The molecule has 0 atom stereocenters. The largest absolute Gasteiger partial charge is 0.334 e. The molecule has 0 saturated carbocycles. The average molecular weight is 335 g/mol. The van der Waals surface area contributed by atoms with Crippen LogP contribution in [0.2, 0.25) is 0 Å². The van der Waals surface area contributed by atoms with Gasteiger partial charge in [-0.05, 0) is 37.1 Å². The van der Waals surface area contributed by atoms with Crippen molar-refractivity contribution in [1.29, 1.82) is 0 Å². The smallest absolute Gasteiger partial charge is 0.314 e. The Morgan fingerprint density at radius 2 is 1.87 bits per heavy atom. The molecule has 1 N–H and O–H groups in total. The van der Waals surface area contributed by atoms with Gasteiger partial charge in [-0.3, -0.25) is 10.1 Å². The molecule has 1 aromatic heterocycles. The minimum atomic E-state index is -3.00. The lowest BCUT2D eigenvalue weighted by atomic mass is 10.1. The van der Waals surface area contributed by atoms with E-state index in [1.807, 2.05) is 0 Å². The number of anilines is 2. The molecular weight excluding hydrogens is 318 g/mol. The van der Waals surface area contributed by atoms with Crippen LogP contribution in [-0.4, -0.2) is 30.3 Å². The van der Waals surface area contributed by atoms with E-state index in [0.717, 1.165) is 5.56 Å². The van der Waals surface area contributed by atoms with Crippen LogP contribution in [0.1, 0.15) is 11.1 Å². The number of aryl methyl sites for hydroxylation is 2. The number of rotatable bonds is 6. The standard InChI is InChI=1S/C15H17N3O4S/c1-11-7-9-16-15(14(11)18(19)20)17-13-5-3-12(4-6-13)8-10-23(2,21)22/h3-7,9H,8,10H2,1-2H3,(H,16,17). The van der Waals surface area contributed by atoms with Crippen LogP contribution in [0.4, 0.5) is 17.2 Å². The van der Waals surface area contributed by atoms with Gasteiger partial charge in [0, 0.05) is 23.7 Å². The second kappa shape index (κ2) is 6.74. The maximum Gasteiger partial charge on any atom is 0.314 e. The number of nitro groups is 1. The molecule has 0 radical (unpaired) electrons. The fourth-order valence-corrected chi connectivity index (χ4v) is 2.67. The molecule has 7 nitrogen and oxygen atoms in total. The average Bonchev–Trinajstić information content (AvgIpc) is 2.45. The number of aromatic nitrogens is 1. The highest BCUT2D eigenvalue weighted by Gasteiger charge is 2.18. The van der Waals surface area contributed by atoms with E-state index >= 15 is 0 Å². The van der Waals surface area contributed by atoms with Crippen molar-refractivity contribution >= 4 is 27.0 Å². The molecule has 0 amide bonds. The van der Waals surface area contributed by atoms with E-state index in [0.29, 0.717) is 17.7 Å². The first-order valence-corrected chi connectivity index (χ1v) is 8.96. The molecule has 8 heteroatoms. The van der Waals surface area contributed by atoms with Crippen LogP contribution < -0.4 is 5.32 Å². The first-order valence-electron chi connectivity index (χ1n) is 6.90. The van der Waals surface area contributed by atoms with Crippen molar-refractivity contribution in [2.24, 2.45) is 0 Å². The van der Waals surface area contributed by atoms with Gasteiger partial charge in [0.1, 0.15) is 9.84 Å². The molecule has 0 aliphatic heterocycles. The van der Waals surface area contributed by atoms with E-state index < -0.39 is 14.8 Å². The SMILES string of the molecule is Cc1ccnc(Nc2ccc(CCS(C)(=O)=O)cc2)c1[N+](=O)[O-]. The lowest BCUT2D eigenvalue weighted by molar-refractivity contribution is -0.384. The van der Waals surface area contributed by atoms with E-state index in [9.17, 15) is 18.5 Å². The molecule has 0 bridgehead atoms. The van der Waals surface area contributed by atoms with Gasteiger partial charge in [0.05, 0.1) is 10.7 Å². The van der Waals surface area contributed by atoms with Crippen LogP contribution in [0.3, 0.4) is 0 Å². The zero-order chi connectivity index (χ0) is 17.0. The van der Waals surface area contributed by atoms with Crippen molar-refractivity contribution < 1.29 is 13.3 Å². The van der Waals surface area contributed by atoms with Gasteiger partial charge in [-0.1, -0.05) is 12.1 Å². The van der Waals surface area contributed by atoms with Gasteiger partial charge in [-0.2, -0.15) is 0 Å². The van der Waals surface area contributed by atoms with Gasteiger partial charge < -0.3 is 5.32 Å². The van der Waals surface area contributed by atoms with Gasteiger partial charge in [0.2, 0.25) is 5.82 Å². The summed E-state index contributed by atoms with van der Waals surface area (Å²) in [6.07, 6.45) is 3.14. The topological polar surface area (TPSA) is 102 Å². The summed E-state index contributed by atoms with van der Waals surface area (Å²) in [6, 6.07) is 8.64. The fraction of sp³-hybridized carbons (Fsp3) is 0.267. The summed E-state index contributed by atoms with van der Waals surface area (Å²) >= 11 is 0. The van der Waals surface area contributed by atoms with Crippen LogP contribution in [0.15, 0.2) is 36.5 Å². The Balaban J connectivity index is 2.16. The summed E-state index contributed by atoms with van der Waals surface area (Å²) in [5.74, 6) is 0.268. The number of hydrogen-bond acceptors (Lipinski definition) is 6. The minimum absolute atomic E-state index is 0.0614. The van der Waals surface area contributed by atoms with Crippen molar-refractivity contribution in [3.05, 3.63) is 57.8 Å². The lowest BCUT2D eigenvalue weighted by Gasteiger charge is -2.08. The van der Waals surface area contributed by atoms with Crippen molar-refractivity contribution in [2.75, 3.05) is 17.3 Å². The van der Waals surface area contributed by atoms with E-state index in [-0.39, 0.29) is 17.3 Å². The first kappa shape index (κ1) is 16.9. The number of pyridine rings is 1. The Hall–Kier alpha value is -2.48. The van der Waals surface area contributed by atoms with Crippen LogP contribution in [0.5, 0.6) is 0 Å². The second-order valence-electron chi connectivity index (χ2n) is 5.28. The number of nitrogens with zero attached hydrogens (tertiary/aromatic N) is 2. The van der Waals surface area contributed by atoms with Crippen LogP contribution in [-0.2, 0) is 16.3 Å². The van der Waals surface area contributed by atoms with Crippen LogP contribution >= 0.6 is 0 Å². The zero-order valence-electron chi connectivity index (χ0n) is 12.8. The molecule has 1 aromatic carbocycles. The van der Waals surface area contributed by atoms with Crippen molar-refractivity contribution in [2.45, 2.75) is 13.3 Å². The van der Waals surface area contributed by atoms with E-state index in [1.54, 1.807) is 37.3 Å². The monoisotopic (exact) mass is 335 g/mol. The third kappa shape index (κ3) is 4.75. The van der Waals surface area contributed by atoms with Gasteiger partial charge in [0.15, 0.2) is 0 Å². The van der Waals surface area contributed by atoms with Gasteiger partial charge in [-0.15, -0.1) is 0 Å². The molecule has 2 aromatic rings. The Labute approximate surface area is 134 Å². The van der Waals surface area contributed by atoms with Crippen molar-refractivity contribution in [3.63, 3.8) is 0 Å². The summed E-state index contributed by atoms with van der Waals surface area (Å²) in [5.41, 5.74) is 1.99. The molecular formula is C15H17N3O4S. The molecule has 0 spiro atoms. The Bertz CT molecular complexity index is 817. The molecule has 0 aliphatic rings. The molecule has 1 heterocycles. The maximum absolute atomic E-state index is 11.2. The van der Waals surface area contributed by atoms with Crippen molar-refractivity contribution in [3.8, 4) is 0 Å². The van der Waals surface area contributed by atoms with Crippen molar-refractivity contribution in [1.82, 2.24) is 4.98 Å². The normalized spacial score (nSPS) is 11.2. The number of sulfone groups is 1. The van der Waals surface area contributed by atoms with Crippen LogP contribution in [0.25, 0.3) is 0 Å².